The van der Waals surface area contributed by atoms with Crippen molar-refractivity contribution in [3.05, 3.63) is 47.3 Å². The Morgan fingerprint density at radius 3 is 2.38 bits per heavy atom. The SMILES string of the molecule is CCn1ncc([C@H](C)NS(=O)(=O)c2ccc(C)cc2)c1C. The van der Waals surface area contributed by atoms with Crippen molar-refractivity contribution in [3.63, 3.8) is 0 Å². The molecular weight excluding hydrogens is 286 g/mol. The van der Waals surface area contributed by atoms with E-state index in [1.54, 1.807) is 30.5 Å². The van der Waals surface area contributed by atoms with E-state index >= 15 is 0 Å². The third-order valence-corrected chi connectivity index (χ3v) is 5.13. The highest BCUT2D eigenvalue weighted by Crippen LogP contribution is 2.20. The molecule has 0 amide bonds. The maximum absolute atomic E-state index is 12.4. The molecule has 0 bridgehead atoms. The van der Waals surface area contributed by atoms with Gasteiger partial charge in [0.1, 0.15) is 0 Å². The molecule has 0 aliphatic carbocycles. The van der Waals surface area contributed by atoms with Crippen LogP contribution in [-0.2, 0) is 16.6 Å². The van der Waals surface area contributed by atoms with Crippen molar-refractivity contribution in [3.8, 4) is 0 Å². The maximum Gasteiger partial charge on any atom is 0.241 e. The van der Waals surface area contributed by atoms with Crippen LogP contribution < -0.4 is 4.72 Å². The maximum atomic E-state index is 12.4. The minimum atomic E-state index is -3.53. The molecule has 1 N–H and O–H groups in total. The molecule has 1 atom stereocenters. The minimum Gasteiger partial charge on any atom is -0.270 e. The molecule has 1 aromatic heterocycles. The number of hydrogen-bond donors (Lipinski definition) is 1. The molecule has 2 aromatic rings. The second-order valence-electron chi connectivity index (χ2n) is 5.16. The summed E-state index contributed by atoms with van der Waals surface area (Å²) in [4.78, 5) is 0.278. The number of hydrogen-bond acceptors (Lipinski definition) is 3. The second-order valence-corrected chi connectivity index (χ2v) is 6.87. The normalized spacial score (nSPS) is 13.3. The summed E-state index contributed by atoms with van der Waals surface area (Å²) in [5, 5.41) is 4.25. The first-order chi connectivity index (χ1) is 9.85. The quantitative estimate of drug-likeness (QED) is 0.923. The fourth-order valence-corrected chi connectivity index (χ4v) is 3.51. The van der Waals surface area contributed by atoms with Crippen molar-refractivity contribution in [1.29, 1.82) is 0 Å². The molecule has 0 saturated heterocycles. The number of nitrogens with one attached hydrogen (secondary N) is 1. The van der Waals surface area contributed by atoms with Crippen molar-refractivity contribution in [1.82, 2.24) is 14.5 Å². The van der Waals surface area contributed by atoms with Crippen LogP contribution in [0.1, 0.15) is 36.7 Å². The second kappa shape index (κ2) is 5.99. The van der Waals surface area contributed by atoms with Crippen molar-refractivity contribution in [2.45, 2.75) is 45.2 Å². The molecule has 6 heteroatoms. The van der Waals surface area contributed by atoms with Gasteiger partial charge in [-0.05, 0) is 39.8 Å². The van der Waals surface area contributed by atoms with Crippen molar-refractivity contribution in [2.24, 2.45) is 0 Å². The van der Waals surface area contributed by atoms with Gasteiger partial charge in [-0.3, -0.25) is 4.68 Å². The summed E-state index contributed by atoms with van der Waals surface area (Å²) in [6, 6.07) is 6.50. The van der Waals surface area contributed by atoms with E-state index in [0.717, 1.165) is 23.4 Å². The molecule has 0 radical (unpaired) electrons. The lowest BCUT2D eigenvalue weighted by Gasteiger charge is -2.14. The Bertz CT molecular complexity index is 718. The summed E-state index contributed by atoms with van der Waals surface area (Å²) in [5.74, 6) is 0. The standard InChI is InChI=1S/C15H21N3O2S/c1-5-18-13(4)15(10-16-18)12(3)17-21(19,20)14-8-6-11(2)7-9-14/h6-10,12,17H,5H2,1-4H3/t12-/m0/s1. The van der Waals surface area contributed by atoms with Crippen LogP contribution in [0.3, 0.4) is 0 Å². The zero-order valence-corrected chi connectivity index (χ0v) is 13.6. The van der Waals surface area contributed by atoms with Crippen LogP contribution in [0.15, 0.2) is 35.4 Å². The van der Waals surface area contributed by atoms with Crippen LogP contribution in [0.2, 0.25) is 0 Å². The van der Waals surface area contributed by atoms with Gasteiger partial charge in [0.15, 0.2) is 0 Å². The van der Waals surface area contributed by atoms with Crippen LogP contribution in [0.5, 0.6) is 0 Å². The molecule has 2 rings (SSSR count). The molecule has 0 saturated carbocycles. The Labute approximate surface area is 126 Å². The van der Waals surface area contributed by atoms with E-state index in [-0.39, 0.29) is 10.9 Å². The Hall–Kier alpha value is -1.66. The predicted octanol–water partition coefficient (Wildman–Crippen LogP) is 2.56. The summed E-state index contributed by atoms with van der Waals surface area (Å²) >= 11 is 0. The van der Waals surface area contributed by atoms with Gasteiger partial charge < -0.3 is 0 Å². The van der Waals surface area contributed by atoms with Gasteiger partial charge in [0.25, 0.3) is 0 Å². The summed E-state index contributed by atoms with van der Waals surface area (Å²) in [5.41, 5.74) is 2.91. The van der Waals surface area contributed by atoms with Crippen molar-refractivity contribution in [2.75, 3.05) is 0 Å². The number of sulfonamides is 1. The fourth-order valence-electron chi connectivity index (χ4n) is 2.29. The lowest BCUT2D eigenvalue weighted by atomic mass is 10.1. The van der Waals surface area contributed by atoms with Gasteiger partial charge in [0.05, 0.1) is 11.1 Å². The third kappa shape index (κ3) is 3.33. The molecule has 1 heterocycles. The Kier molecular flexibility index (Phi) is 4.49. The van der Waals surface area contributed by atoms with E-state index in [0.29, 0.717) is 0 Å². The Morgan fingerprint density at radius 1 is 1.24 bits per heavy atom. The average molecular weight is 307 g/mol. The first-order valence-electron chi connectivity index (χ1n) is 6.96. The number of benzene rings is 1. The van der Waals surface area contributed by atoms with Crippen LogP contribution in [-0.4, -0.2) is 18.2 Å². The highest BCUT2D eigenvalue weighted by atomic mass is 32.2. The molecule has 114 valence electrons. The Morgan fingerprint density at radius 2 is 1.86 bits per heavy atom. The van der Waals surface area contributed by atoms with E-state index in [2.05, 4.69) is 9.82 Å². The molecule has 5 nitrogen and oxygen atoms in total. The average Bonchev–Trinajstić information content (AvgIpc) is 2.80. The van der Waals surface area contributed by atoms with Gasteiger partial charge in [-0.25, -0.2) is 13.1 Å². The van der Waals surface area contributed by atoms with Gasteiger partial charge >= 0.3 is 0 Å². The Balaban J connectivity index is 2.23. The topological polar surface area (TPSA) is 64.0 Å². The van der Waals surface area contributed by atoms with Gasteiger partial charge in [-0.15, -0.1) is 0 Å². The van der Waals surface area contributed by atoms with E-state index < -0.39 is 10.0 Å². The summed E-state index contributed by atoms with van der Waals surface area (Å²) in [7, 11) is -3.53. The highest BCUT2D eigenvalue weighted by molar-refractivity contribution is 7.89. The first kappa shape index (κ1) is 15.7. The molecular formula is C15H21N3O2S. The van der Waals surface area contributed by atoms with Crippen molar-refractivity contribution >= 4 is 10.0 Å². The number of aromatic nitrogens is 2. The minimum absolute atomic E-state index is 0.278. The lowest BCUT2D eigenvalue weighted by Crippen LogP contribution is -2.27. The monoisotopic (exact) mass is 307 g/mol. The van der Waals surface area contributed by atoms with Gasteiger partial charge in [-0.1, -0.05) is 17.7 Å². The zero-order chi connectivity index (χ0) is 15.6. The molecule has 0 aliphatic rings. The van der Waals surface area contributed by atoms with Crippen LogP contribution >= 0.6 is 0 Å². The largest absolute Gasteiger partial charge is 0.270 e. The van der Waals surface area contributed by atoms with E-state index in [1.807, 2.05) is 32.4 Å². The number of aryl methyl sites for hydroxylation is 2. The molecule has 0 unspecified atom stereocenters. The van der Waals surface area contributed by atoms with Crippen molar-refractivity contribution < 1.29 is 8.42 Å². The van der Waals surface area contributed by atoms with Gasteiger partial charge in [0.2, 0.25) is 10.0 Å². The third-order valence-electron chi connectivity index (χ3n) is 3.57. The van der Waals surface area contributed by atoms with E-state index in [4.69, 9.17) is 0 Å². The first-order valence-corrected chi connectivity index (χ1v) is 8.44. The zero-order valence-electron chi connectivity index (χ0n) is 12.8. The fraction of sp³-hybridized carbons (Fsp3) is 0.400. The smallest absolute Gasteiger partial charge is 0.241 e. The van der Waals surface area contributed by atoms with Gasteiger partial charge in [0, 0.05) is 23.8 Å². The highest BCUT2D eigenvalue weighted by Gasteiger charge is 2.20. The van der Waals surface area contributed by atoms with Crippen LogP contribution in [0.25, 0.3) is 0 Å². The molecule has 0 spiro atoms. The molecule has 0 fully saturated rings. The molecule has 21 heavy (non-hydrogen) atoms. The number of rotatable bonds is 5. The lowest BCUT2D eigenvalue weighted by molar-refractivity contribution is 0.565. The van der Waals surface area contributed by atoms with Crippen LogP contribution in [0.4, 0.5) is 0 Å². The summed E-state index contributed by atoms with van der Waals surface area (Å²) < 4.78 is 29.3. The molecule has 1 aromatic carbocycles. The van der Waals surface area contributed by atoms with Gasteiger partial charge in [-0.2, -0.15) is 5.10 Å². The number of nitrogens with zero attached hydrogens (tertiary/aromatic N) is 2. The van der Waals surface area contributed by atoms with E-state index in [1.165, 1.54) is 0 Å². The summed E-state index contributed by atoms with van der Waals surface area (Å²) in [6.07, 6.45) is 1.72. The predicted molar refractivity (Wildman–Crippen MR) is 82.6 cm³/mol. The molecule has 0 aliphatic heterocycles. The summed E-state index contributed by atoms with van der Waals surface area (Å²) in [6.45, 7) is 8.47. The van der Waals surface area contributed by atoms with E-state index in [9.17, 15) is 8.42 Å². The van der Waals surface area contributed by atoms with Crippen LogP contribution in [0, 0.1) is 13.8 Å².